The number of carbonyl (C=O) groups excluding carboxylic acids is 1. The van der Waals surface area contributed by atoms with Gasteiger partial charge >= 0.3 is 0 Å². The van der Waals surface area contributed by atoms with Gasteiger partial charge in [0.25, 0.3) is 5.56 Å². The summed E-state index contributed by atoms with van der Waals surface area (Å²) < 4.78 is 14.5. The molecule has 1 unspecified atom stereocenters. The third-order valence-corrected chi connectivity index (χ3v) is 5.36. The number of benzene rings is 1. The highest BCUT2D eigenvalue weighted by molar-refractivity contribution is 9.10. The molecule has 1 atom stereocenters. The van der Waals surface area contributed by atoms with Gasteiger partial charge < -0.3 is 14.5 Å². The second-order valence-electron chi connectivity index (χ2n) is 6.68. The highest BCUT2D eigenvalue weighted by Crippen LogP contribution is 2.23. The fraction of sp³-hybridized carbons (Fsp3) is 0.250. The molecular formula is C20H19BrN4O4. The Hall–Kier alpha value is -3.07. The van der Waals surface area contributed by atoms with Gasteiger partial charge in [0.05, 0.1) is 18.9 Å². The van der Waals surface area contributed by atoms with E-state index in [1.165, 1.54) is 4.68 Å². The predicted octanol–water partition coefficient (Wildman–Crippen LogP) is 3.20. The summed E-state index contributed by atoms with van der Waals surface area (Å²) in [6.45, 7) is 3.69. The van der Waals surface area contributed by atoms with E-state index in [1.54, 1.807) is 43.8 Å². The van der Waals surface area contributed by atoms with Crippen LogP contribution in [0.2, 0.25) is 0 Å². The number of nitrogens with one attached hydrogen (secondary N) is 1. The first-order valence-electron chi connectivity index (χ1n) is 8.99. The Morgan fingerprint density at radius 1 is 1.31 bits per heavy atom. The minimum absolute atomic E-state index is 0.264. The van der Waals surface area contributed by atoms with Gasteiger partial charge in [-0.2, -0.15) is 5.10 Å². The molecule has 1 amide bonds. The van der Waals surface area contributed by atoms with E-state index in [1.807, 2.05) is 18.2 Å². The Morgan fingerprint density at radius 3 is 2.86 bits per heavy atom. The summed E-state index contributed by atoms with van der Waals surface area (Å²) in [7, 11) is 1.58. The maximum Gasteiger partial charge on any atom is 0.291 e. The van der Waals surface area contributed by atoms with Crippen LogP contribution in [0, 0.1) is 6.92 Å². The van der Waals surface area contributed by atoms with E-state index in [2.05, 4.69) is 26.3 Å². The summed E-state index contributed by atoms with van der Waals surface area (Å²) in [5.41, 5.74) is 2.25. The lowest BCUT2D eigenvalue weighted by atomic mass is 10.2. The molecule has 0 fully saturated rings. The van der Waals surface area contributed by atoms with Crippen LogP contribution in [0.15, 0.2) is 50.3 Å². The maximum atomic E-state index is 12.9. The summed E-state index contributed by atoms with van der Waals surface area (Å²) in [4.78, 5) is 25.7. The SMILES string of the molecule is COc1ccc(Br)cc1CNC(=O)C(C)n1nc(C)n2c(cc3occc32)c1=O. The lowest BCUT2D eigenvalue weighted by Gasteiger charge is -2.16. The van der Waals surface area contributed by atoms with Crippen molar-refractivity contribution in [2.24, 2.45) is 0 Å². The number of methoxy groups -OCH3 is 1. The van der Waals surface area contributed by atoms with Crippen molar-refractivity contribution in [3.8, 4) is 5.75 Å². The molecule has 0 saturated carbocycles. The number of hydrogen-bond donors (Lipinski definition) is 1. The number of halogens is 1. The van der Waals surface area contributed by atoms with E-state index in [4.69, 9.17) is 9.15 Å². The molecule has 3 aromatic heterocycles. The Labute approximate surface area is 174 Å². The van der Waals surface area contributed by atoms with Crippen molar-refractivity contribution in [1.29, 1.82) is 0 Å². The van der Waals surface area contributed by atoms with Crippen LogP contribution in [0.4, 0.5) is 0 Å². The quantitative estimate of drug-likeness (QED) is 0.495. The highest BCUT2D eigenvalue weighted by Gasteiger charge is 2.21. The monoisotopic (exact) mass is 458 g/mol. The van der Waals surface area contributed by atoms with Crippen molar-refractivity contribution in [3.05, 3.63) is 62.8 Å². The molecule has 1 N–H and O–H groups in total. The van der Waals surface area contributed by atoms with Crippen LogP contribution in [-0.2, 0) is 11.3 Å². The van der Waals surface area contributed by atoms with Crippen LogP contribution in [0.3, 0.4) is 0 Å². The van der Waals surface area contributed by atoms with E-state index in [0.717, 1.165) is 15.6 Å². The molecule has 4 aromatic rings. The molecule has 3 heterocycles. The number of fused-ring (bicyclic) bond motifs is 3. The molecule has 0 bridgehead atoms. The van der Waals surface area contributed by atoms with Crippen LogP contribution in [0.5, 0.6) is 5.75 Å². The number of ether oxygens (including phenoxy) is 1. The molecule has 0 saturated heterocycles. The molecule has 0 radical (unpaired) electrons. The van der Waals surface area contributed by atoms with Crippen LogP contribution >= 0.6 is 15.9 Å². The molecule has 0 aliphatic heterocycles. The first-order valence-corrected chi connectivity index (χ1v) is 9.78. The van der Waals surface area contributed by atoms with Gasteiger partial charge in [0.2, 0.25) is 5.91 Å². The molecule has 29 heavy (non-hydrogen) atoms. The van der Waals surface area contributed by atoms with Gasteiger partial charge in [-0.05, 0) is 32.0 Å². The fourth-order valence-electron chi connectivity index (χ4n) is 3.38. The minimum atomic E-state index is -0.787. The fourth-order valence-corrected chi connectivity index (χ4v) is 3.79. The lowest BCUT2D eigenvalue weighted by molar-refractivity contribution is -0.124. The Bertz CT molecular complexity index is 1290. The van der Waals surface area contributed by atoms with Crippen molar-refractivity contribution >= 4 is 38.5 Å². The molecule has 4 rings (SSSR count). The lowest BCUT2D eigenvalue weighted by Crippen LogP contribution is -2.38. The van der Waals surface area contributed by atoms with Gasteiger partial charge in [-0.15, -0.1) is 0 Å². The van der Waals surface area contributed by atoms with Crippen molar-refractivity contribution in [3.63, 3.8) is 0 Å². The third-order valence-electron chi connectivity index (χ3n) is 4.87. The van der Waals surface area contributed by atoms with E-state index in [-0.39, 0.29) is 18.0 Å². The molecule has 1 aromatic carbocycles. The molecular weight excluding hydrogens is 440 g/mol. The molecule has 0 aliphatic rings. The van der Waals surface area contributed by atoms with Gasteiger partial charge in [0.1, 0.15) is 23.1 Å². The zero-order valence-electron chi connectivity index (χ0n) is 16.1. The number of hydrogen-bond acceptors (Lipinski definition) is 5. The summed E-state index contributed by atoms with van der Waals surface area (Å²) in [5, 5.41) is 7.21. The average molecular weight is 459 g/mol. The Morgan fingerprint density at radius 2 is 2.10 bits per heavy atom. The molecule has 0 aliphatic carbocycles. The number of aromatic nitrogens is 3. The first-order chi connectivity index (χ1) is 13.9. The van der Waals surface area contributed by atoms with Crippen molar-refractivity contribution < 1.29 is 13.9 Å². The van der Waals surface area contributed by atoms with Crippen LogP contribution in [0.1, 0.15) is 24.4 Å². The number of nitrogens with zero attached hydrogens (tertiary/aromatic N) is 3. The zero-order valence-corrected chi connectivity index (χ0v) is 17.7. The smallest absolute Gasteiger partial charge is 0.291 e. The largest absolute Gasteiger partial charge is 0.496 e. The molecule has 9 heteroatoms. The topological polar surface area (TPSA) is 90.8 Å². The average Bonchev–Trinajstić information content (AvgIpc) is 3.30. The summed E-state index contributed by atoms with van der Waals surface area (Å²) in [5.74, 6) is 0.939. The van der Waals surface area contributed by atoms with E-state index >= 15 is 0 Å². The highest BCUT2D eigenvalue weighted by atomic mass is 79.9. The van der Waals surface area contributed by atoms with E-state index in [0.29, 0.717) is 22.7 Å². The number of amides is 1. The third kappa shape index (κ3) is 3.31. The summed E-state index contributed by atoms with van der Waals surface area (Å²) >= 11 is 3.42. The first kappa shape index (κ1) is 19.3. The van der Waals surface area contributed by atoms with Gasteiger partial charge in [-0.25, -0.2) is 4.68 Å². The van der Waals surface area contributed by atoms with Gasteiger partial charge in [0, 0.05) is 28.7 Å². The van der Waals surface area contributed by atoms with Crippen LogP contribution in [-0.4, -0.2) is 27.2 Å². The number of carbonyl (C=O) groups is 1. The summed E-state index contributed by atoms with van der Waals surface area (Å²) in [6, 6.07) is 8.22. The Kier molecular flexibility index (Phi) is 4.91. The van der Waals surface area contributed by atoms with Crippen molar-refractivity contribution in [1.82, 2.24) is 19.5 Å². The van der Waals surface area contributed by atoms with Gasteiger partial charge in [-0.1, -0.05) is 15.9 Å². The van der Waals surface area contributed by atoms with Crippen molar-refractivity contribution in [2.75, 3.05) is 7.11 Å². The molecule has 150 valence electrons. The Balaban J connectivity index is 1.62. The molecule has 0 spiro atoms. The summed E-state index contributed by atoms with van der Waals surface area (Å²) in [6.07, 6.45) is 1.56. The van der Waals surface area contributed by atoms with Crippen LogP contribution < -0.4 is 15.6 Å². The minimum Gasteiger partial charge on any atom is -0.496 e. The number of furan rings is 1. The van der Waals surface area contributed by atoms with E-state index in [9.17, 15) is 9.59 Å². The second-order valence-corrected chi connectivity index (χ2v) is 7.60. The second kappa shape index (κ2) is 7.40. The number of rotatable bonds is 5. The predicted molar refractivity (Wildman–Crippen MR) is 111 cm³/mol. The van der Waals surface area contributed by atoms with E-state index < -0.39 is 6.04 Å². The number of aryl methyl sites for hydroxylation is 1. The molecule has 8 nitrogen and oxygen atoms in total. The zero-order chi connectivity index (χ0) is 20.7. The van der Waals surface area contributed by atoms with Gasteiger partial charge in [0.15, 0.2) is 5.58 Å². The van der Waals surface area contributed by atoms with Crippen LogP contribution in [0.25, 0.3) is 16.6 Å². The van der Waals surface area contributed by atoms with Gasteiger partial charge in [-0.3, -0.25) is 14.0 Å². The standard InChI is InChI=1S/C20H19BrN4O4/c1-11(19(26)22-10-13-8-14(21)4-5-17(13)28-3)25-20(27)16-9-18-15(6-7-29-18)24(16)12(2)23-25/h4-9,11H,10H2,1-3H3,(H,22,26). The van der Waals surface area contributed by atoms with Crippen molar-refractivity contribution in [2.45, 2.75) is 26.4 Å². The normalized spacial score (nSPS) is 12.4. The maximum absolute atomic E-state index is 12.9.